The molecule has 4 saturated heterocycles. The molecule has 15 heteroatoms. The normalized spacial score (nSPS) is 31.0. The SMILES string of the molecule is CC(C)(C)OC(=O)CCC(CO)NC(=O)C1CCCN1C(=O)C12CC3OC(=O)C1N(Cc1ccccc1C=COCCO)OC2C1OCOC31. The molecule has 3 N–H and O–H groups in total. The van der Waals surface area contributed by atoms with Crippen molar-refractivity contribution < 1.29 is 57.9 Å². The number of hydroxylamine groups is 2. The van der Waals surface area contributed by atoms with Crippen molar-refractivity contribution in [2.45, 2.75) is 108 Å². The number of aliphatic hydroxyl groups is 2. The summed E-state index contributed by atoms with van der Waals surface area (Å²) in [7, 11) is 0. The summed E-state index contributed by atoms with van der Waals surface area (Å²) in [4.78, 5) is 63.0. The van der Waals surface area contributed by atoms with E-state index in [9.17, 15) is 24.3 Å². The summed E-state index contributed by atoms with van der Waals surface area (Å²) in [6, 6.07) is 4.74. The van der Waals surface area contributed by atoms with Gasteiger partial charge in [-0.25, -0.2) is 0 Å². The number of nitrogens with one attached hydrogen (secondary N) is 1. The first kappa shape index (κ1) is 36.2. The van der Waals surface area contributed by atoms with E-state index in [2.05, 4.69) is 5.32 Å². The van der Waals surface area contributed by atoms with Crippen molar-refractivity contribution in [2.24, 2.45) is 5.41 Å². The van der Waals surface area contributed by atoms with E-state index in [1.807, 2.05) is 24.3 Å². The summed E-state index contributed by atoms with van der Waals surface area (Å²) >= 11 is 0. The summed E-state index contributed by atoms with van der Waals surface area (Å²) in [5.74, 6) is -1.91. The second kappa shape index (κ2) is 14.9. The molecule has 0 aromatic heterocycles. The van der Waals surface area contributed by atoms with Crippen molar-refractivity contribution in [3.05, 3.63) is 41.7 Å². The van der Waals surface area contributed by atoms with Crippen LogP contribution < -0.4 is 5.32 Å². The fourth-order valence-corrected chi connectivity index (χ4v) is 7.80. The molecule has 5 aliphatic rings. The maximum atomic E-state index is 15.0. The lowest BCUT2D eigenvalue weighted by atomic mass is 9.62. The van der Waals surface area contributed by atoms with Crippen LogP contribution in [0.2, 0.25) is 0 Å². The average molecular weight is 702 g/mol. The molecule has 8 atom stereocenters. The van der Waals surface area contributed by atoms with Crippen LogP contribution in [0.15, 0.2) is 30.5 Å². The lowest BCUT2D eigenvalue weighted by Gasteiger charge is -2.50. The Morgan fingerprint density at radius 2 is 1.94 bits per heavy atom. The number of ether oxygens (including phenoxy) is 5. The molecule has 6 rings (SSSR count). The van der Waals surface area contributed by atoms with Gasteiger partial charge in [0.05, 0.1) is 32.1 Å². The van der Waals surface area contributed by atoms with E-state index in [0.29, 0.717) is 12.8 Å². The smallest absolute Gasteiger partial charge is 0.327 e. The Morgan fingerprint density at radius 1 is 1.16 bits per heavy atom. The van der Waals surface area contributed by atoms with Gasteiger partial charge in [0.1, 0.15) is 54.9 Å². The number of carbonyl (C=O) groups excluding carboxylic acids is 4. The number of rotatable bonds is 13. The zero-order valence-electron chi connectivity index (χ0n) is 28.7. The van der Waals surface area contributed by atoms with E-state index in [4.69, 9.17) is 33.6 Å². The van der Waals surface area contributed by atoms with Gasteiger partial charge in [-0.05, 0) is 57.2 Å². The minimum absolute atomic E-state index is 0.00152. The topological polar surface area (TPSA) is 183 Å². The molecule has 8 unspecified atom stereocenters. The second-order valence-electron chi connectivity index (χ2n) is 14.4. The van der Waals surface area contributed by atoms with Crippen LogP contribution in [-0.2, 0) is 54.2 Å². The minimum Gasteiger partial charge on any atom is -0.499 e. The maximum absolute atomic E-state index is 15.0. The van der Waals surface area contributed by atoms with Crippen molar-refractivity contribution in [1.29, 1.82) is 0 Å². The van der Waals surface area contributed by atoms with Crippen molar-refractivity contribution in [3.63, 3.8) is 0 Å². The van der Waals surface area contributed by atoms with E-state index in [0.717, 1.165) is 11.1 Å². The average Bonchev–Trinajstić information content (AvgIpc) is 3.83. The standard InChI is InChI=1S/C35H47N3O12/c1-34(2,3)49-26(41)11-10-23(19-40)36-31(42)24-9-6-13-37(24)33(44)35-17-25-27-28(47-20-46-27)30(35)50-38(29(35)32(43)48-25)18-22-8-5-4-7-21(22)12-15-45-16-14-39/h4-5,7-8,12,15,23-25,27-30,39-40H,6,9-11,13-14,16-20H2,1-3H3,(H,36,42). The quantitative estimate of drug-likeness (QED) is 0.149. The Kier molecular flexibility index (Phi) is 10.8. The summed E-state index contributed by atoms with van der Waals surface area (Å²) in [5, 5.41) is 23.4. The molecule has 274 valence electrons. The van der Waals surface area contributed by atoms with E-state index < -0.39 is 83.9 Å². The van der Waals surface area contributed by atoms with Gasteiger partial charge in [0, 0.05) is 19.4 Å². The van der Waals surface area contributed by atoms with Crippen LogP contribution in [0.5, 0.6) is 0 Å². The van der Waals surface area contributed by atoms with Crippen LogP contribution in [0.1, 0.15) is 64.0 Å². The zero-order valence-corrected chi connectivity index (χ0v) is 28.7. The third-order valence-electron chi connectivity index (χ3n) is 9.90. The number of likely N-dealkylation sites (tertiary alicyclic amines) is 1. The number of benzene rings is 1. The third-order valence-corrected chi connectivity index (χ3v) is 9.90. The molecule has 4 heterocycles. The summed E-state index contributed by atoms with van der Waals surface area (Å²) in [6.45, 7) is 5.27. The number of aliphatic hydroxyl groups excluding tert-OH is 2. The monoisotopic (exact) mass is 701 g/mol. The molecule has 1 aliphatic carbocycles. The molecule has 0 radical (unpaired) electrons. The zero-order chi connectivity index (χ0) is 35.6. The van der Waals surface area contributed by atoms with Gasteiger partial charge in [-0.15, -0.1) is 0 Å². The molecular weight excluding hydrogens is 654 g/mol. The second-order valence-corrected chi connectivity index (χ2v) is 14.4. The summed E-state index contributed by atoms with van der Waals surface area (Å²) < 4.78 is 28.4. The van der Waals surface area contributed by atoms with Gasteiger partial charge < -0.3 is 44.1 Å². The molecule has 1 saturated carbocycles. The molecule has 2 bridgehead atoms. The largest absolute Gasteiger partial charge is 0.499 e. The number of carbonyl (C=O) groups is 4. The molecule has 1 aromatic rings. The highest BCUT2D eigenvalue weighted by Crippen LogP contribution is 2.56. The van der Waals surface area contributed by atoms with Gasteiger partial charge in [0.25, 0.3) is 0 Å². The lowest BCUT2D eigenvalue weighted by Crippen LogP contribution is -2.70. The van der Waals surface area contributed by atoms with Gasteiger partial charge in [0.15, 0.2) is 6.04 Å². The van der Waals surface area contributed by atoms with Gasteiger partial charge in [-0.3, -0.25) is 24.0 Å². The Hall–Kier alpha value is -3.60. The first-order valence-corrected chi connectivity index (χ1v) is 17.2. The van der Waals surface area contributed by atoms with Gasteiger partial charge in [-0.2, -0.15) is 5.06 Å². The molecule has 5 fully saturated rings. The summed E-state index contributed by atoms with van der Waals surface area (Å²) in [5.41, 5.74) is -0.522. The highest BCUT2D eigenvalue weighted by atomic mass is 16.8. The number of nitrogens with zero attached hydrogens (tertiary/aromatic N) is 2. The Bertz CT molecular complexity index is 1460. The van der Waals surface area contributed by atoms with Crippen LogP contribution >= 0.6 is 0 Å². The highest BCUT2D eigenvalue weighted by Gasteiger charge is 2.75. The van der Waals surface area contributed by atoms with E-state index in [1.54, 1.807) is 26.8 Å². The predicted molar refractivity (Wildman–Crippen MR) is 173 cm³/mol. The summed E-state index contributed by atoms with van der Waals surface area (Å²) in [6.07, 6.45) is 1.51. The molecule has 15 nitrogen and oxygen atoms in total. The van der Waals surface area contributed by atoms with Crippen LogP contribution in [-0.4, -0.2) is 125 Å². The number of hydrogen-bond acceptors (Lipinski definition) is 13. The maximum Gasteiger partial charge on any atom is 0.327 e. The molecule has 1 aromatic carbocycles. The number of amides is 2. The number of fused-ring (bicyclic) bond motifs is 4. The van der Waals surface area contributed by atoms with Gasteiger partial charge in [-0.1, -0.05) is 24.3 Å². The number of hydrogen-bond donors (Lipinski definition) is 3. The third kappa shape index (κ3) is 7.12. The Morgan fingerprint density at radius 3 is 2.70 bits per heavy atom. The van der Waals surface area contributed by atoms with Crippen LogP contribution in [0, 0.1) is 5.41 Å². The molecular formula is C35H47N3O12. The first-order valence-electron chi connectivity index (χ1n) is 17.2. The molecule has 0 spiro atoms. The van der Waals surface area contributed by atoms with Crippen LogP contribution in [0.4, 0.5) is 0 Å². The van der Waals surface area contributed by atoms with Crippen LogP contribution in [0.25, 0.3) is 6.08 Å². The van der Waals surface area contributed by atoms with Crippen molar-refractivity contribution >= 4 is 29.8 Å². The van der Waals surface area contributed by atoms with Gasteiger partial charge in [0.2, 0.25) is 11.8 Å². The molecule has 50 heavy (non-hydrogen) atoms. The molecule has 2 amide bonds. The van der Waals surface area contributed by atoms with E-state index >= 15 is 0 Å². The van der Waals surface area contributed by atoms with Gasteiger partial charge >= 0.3 is 11.9 Å². The van der Waals surface area contributed by atoms with E-state index in [-0.39, 0.29) is 52.4 Å². The number of esters is 2. The van der Waals surface area contributed by atoms with Crippen molar-refractivity contribution in [1.82, 2.24) is 15.3 Å². The minimum atomic E-state index is -1.43. The highest BCUT2D eigenvalue weighted by molar-refractivity contribution is 5.96. The van der Waals surface area contributed by atoms with E-state index in [1.165, 1.54) is 16.2 Å². The Balaban J connectivity index is 1.24. The Labute approximate surface area is 290 Å². The fourth-order valence-electron chi connectivity index (χ4n) is 7.80. The van der Waals surface area contributed by atoms with Crippen LogP contribution in [0.3, 0.4) is 0 Å². The fraction of sp³-hybridized carbons (Fsp3) is 0.657. The lowest BCUT2D eigenvalue weighted by molar-refractivity contribution is -0.204. The van der Waals surface area contributed by atoms with Crippen molar-refractivity contribution in [3.8, 4) is 0 Å². The molecule has 4 aliphatic heterocycles. The van der Waals surface area contributed by atoms with Crippen molar-refractivity contribution in [2.75, 3.05) is 33.2 Å². The predicted octanol–water partition coefficient (Wildman–Crippen LogP) is 0.798. The first-order chi connectivity index (χ1) is 24.0.